The molecular formula is C13H14N2O4. The zero-order valence-corrected chi connectivity index (χ0v) is 10.2. The van der Waals surface area contributed by atoms with Crippen molar-refractivity contribution in [2.45, 2.75) is 18.9 Å². The van der Waals surface area contributed by atoms with E-state index in [4.69, 9.17) is 5.11 Å². The van der Waals surface area contributed by atoms with Gasteiger partial charge in [-0.25, -0.2) is 9.59 Å². The summed E-state index contributed by atoms with van der Waals surface area (Å²) in [5.74, 6) is -1.43. The van der Waals surface area contributed by atoms with Gasteiger partial charge in [-0.05, 0) is 12.0 Å². The number of carboxylic acids is 1. The minimum atomic E-state index is -1.16. The number of hydrogen-bond acceptors (Lipinski definition) is 3. The van der Waals surface area contributed by atoms with E-state index in [0.717, 1.165) is 4.90 Å². The molecule has 1 fully saturated rings. The van der Waals surface area contributed by atoms with Crippen molar-refractivity contribution in [3.8, 4) is 0 Å². The molecule has 19 heavy (non-hydrogen) atoms. The Kier molecular flexibility index (Phi) is 3.79. The van der Waals surface area contributed by atoms with Crippen molar-refractivity contribution < 1.29 is 19.5 Å². The number of aliphatic carboxylic acids is 1. The zero-order chi connectivity index (χ0) is 13.8. The standard InChI is InChI=1S/C13H14N2O4/c16-10-7-4-8-15(10)13(19)14-11(12(17)18)9-5-2-1-3-6-9/h1-3,5-6,11H,4,7-8H2,(H,14,19)(H,17,18). The second-order valence-electron chi connectivity index (χ2n) is 4.28. The predicted octanol–water partition coefficient (Wildman–Crippen LogP) is 1.14. The highest BCUT2D eigenvalue weighted by molar-refractivity contribution is 5.97. The Hall–Kier alpha value is -2.37. The van der Waals surface area contributed by atoms with E-state index >= 15 is 0 Å². The number of rotatable bonds is 3. The molecule has 1 unspecified atom stereocenters. The van der Waals surface area contributed by atoms with E-state index in [2.05, 4.69) is 5.32 Å². The van der Waals surface area contributed by atoms with Crippen molar-refractivity contribution in [3.63, 3.8) is 0 Å². The van der Waals surface area contributed by atoms with Crippen molar-refractivity contribution in [1.29, 1.82) is 0 Å². The van der Waals surface area contributed by atoms with Crippen molar-refractivity contribution in [2.24, 2.45) is 0 Å². The number of hydrogen-bond donors (Lipinski definition) is 2. The van der Waals surface area contributed by atoms with Crippen LogP contribution in [-0.4, -0.2) is 34.5 Å². The van der Waals surface area contributed by atoms with E-state index in [0.29, 0.717) is 24.9 Å². The van der Waals surface area contributed by atoms with Gasteiger partial charge in [0, 0.05) is 13.0 Å². The molecule has 1 aliphatic heterocycles. The Labute approximate surface area is 110 Å². The monoisotopic (exact) mass is 262 g/mol. The van der Waals surface area contributed by atoms with Crippen LogP contribution in [0.25, 0.3) is 0 Å². The van der Waals surface area contributed by atoms with E-state index in [-0.39, 0.29) is 5.91 Å². The highest BCUT2D eigenvalue weighted by Crippen LogP contribution is 2.15. The summed E-state index contributed by atoms with van der Waals surface area (Å²) in [6.07, 6.45) is 0.950. The van der Waals surface area contributed by atoms with Gasteiger partial charge in [-0.3, -0.25) is 9.69 Å². The topological polar surface area (TPSA) is 86.7 Å². The highest BCUT2D eigenvalue weighted by Gasteiger charge is 2.30. The molecule has 1 heterocycles. The number of nitrogens with one attached hydrogen (secondary N) is 1. The molecule has 6 heteroatoms. The van der Waals surface area contributed by atoms with E-state index in [1.54, 1.807) is 30.3 Å². The van der Waals surface area contributed by atoms with E-state index < -0.39 is 18.0 Å². The number of nitrogens with zero attached hydrogens (tertiary/aromatic N) is 1. The Morgan fingerprint density at radius 1 is 1.26 bits per heavy atom. The molecule has 1 atom stereocenters. The van der Waals surface area contributed by atoms with Crippen LogP contribution in [0.3, 0.4) is 0 Å². The summed E-state index contributed by atoms with van der Waals surface area (Å²) in [6, 6.07) is 6.57. The molecule has 3 amide bonds. The van der Waals surface area contributed by atoms with Gasteiger partial charge in [0.15, 0.2) is 6.04 Å². The Morgan fingerprint density at radius 3 is 2.47 bits per heavy atom. The number of carboxylic acid groups (broad SMARTS) is 1. The fraction of sp³-hybridized carbons (Fsp3) is 0.308. The summed E-state index contributed by atoms with van der Waals surface area (Å²) < 4.78 is 0. The first-order valence-corrected chi connectivity index (χ1v) is 5.98. The van der Waals surface area contributed by atoms with Crippen LogP contribution in [0.15, 0.2) is 30.3 Å². The quantitative estimate of drug-likeness (QED) is 0.855. The number of amides is 3. The highest BCUT2D eigenvalue weighted by atomic mass is 16.4. The van der Waals surface area contributed by atoms with Gasteiger partial charge in [0.2, 0.25) is 5.91 Å². The molecule has 1 aliphatic rings. The van der Waals surface area contributed by atoms with Gasteiger partial charge in [0.1, 0.15) is 0 Å². The Bertz CT molecular complexity index is 501. The number of carbonyl (C=O) groups excluding carboxylic acids is 2. The molecule has 0 aliphatic carbocycles. The Balaban J connectivity index is 2.12. The lowest BCUT2D eigenvalue weighted by Crippen LogP contribution is -2.44. The second kappa shape index (κ2) is 5.51. The maximum absolute atomic E-state index is 11.9. The van der Waals surface area contributed by atoms with Crippen molar-refractivity contribution in [1.82, 2.24) is 10.2 Å². The smallest absolute Gasteiger partial charge is 0.330 e. The first-order chi connectivity index (χ1) is 9.09. The maximum atomic E-state index is 11.9. The minimum Gasteiger partial charge on any atom is -0.479 e. The summed E-state index contributed by atoms with van der Waals surface area (Å²) in [6.45, 7) is 0.339. The van der Waals surface area contributed by atoms with Gasteiger partial charge in [-0.2, -0.15) is 0 Å². The molecule has 0 saturated carbocycles. The molecule has 1 aromatic carbocycles. The number of benzene rings is 1. The molecule has 0 radical (unpaired) electrons. The fourth-order valence-corrected chi connectivity index (χ4v) is 2.00. The average molecular weight is 262 g/mol. The van der Waals surface area contributed by atoms with Crippen LogP contribution < -0.4 is 5.32 Å². The van der Waals surface area contributed by atoms with Crippen LogP contribution in [0.2, 0.25) is 0 Å². The number of imide groups is 1. The summed E-state index contributed by atoms with van der Waals surface area (Å²) in [4.78, 5) is 35.6. The third-order valence-electron chi connectivity index (χ3n) is 2.97. The van der Waals surface area contributed by atoms with Gasteiger partial charge in [0.25, 0.3) is 0 Å². The van der Waals surface area contributed by atoms with Gasteiger partial charge >= 0.3 is 12.0 Å². The van der Waals surface area contributed by atoms with Gasteiger partial charge < -0.3 is 10.4 Å². The number of carbonyl (C=O) groups is 3. The molecule has 1 saturated heterocycles. The van der Waals surface area contributed by atoms with Gasteiger partial charge in [0.05, 0.1) is 0 Å². The Morgan fingerprint density at radius 2 is 1.95 bits per heavy atom. The van der Waals surface area contributed by atoms with Crippen molar-refractivity contribution in [3.05, 3.63) is 35.9 Å². The molecule has 0 bridgehead atoms. The van der Waals surface area contributed by atoms with Crippen LogP contribution in [0.1, 0.15) is 24.4 Å². The van der Waals surface area contributed by atoms with E-state index in [1.165, 1.54) is 0 Å². The summed E-state index contributed by atoms with van der Waals surface area (Å²) in [5.41, 5.74) is 0.468. The minimum absolute atomic E-state index is 0.269. The third kappa shape index (κ3) is 2.90. The molecule has 2 rings (SSSR count). The molecule has 100 valence electrons. The summed E-state index contributed by atoms with van der Waals surface area (Å²) >= 11 is 0. The van der Waals surface area contributed by atoms with E-state index in [1.807, 2.05) is 0 Å². The van der Waals surface area contributed by atoms with Crippen LogP contribution in [-0.2, 0) is 9.59 Å². The molecule has 0 spiro atoms. The van der Waals surface area contributed by atoms with Crippen molar-refractivity contribution in [2.75, 3.05) is 6.54 Å². The molecule has 6 nitrogen and oxygen atoms in total. The van der Waals surface area contributed by atoms with Crippen molar-refractivity contribution >= 4 is 17.9 Å². The third-order valence-corrected chi connectivity index (χ3v) is 2.97. The van der Waals surface area contributed by atoms with Crippen LogP contribution in [0, 0.1) is 0 Å². The SMILES string of the molecule is O=C(O)C(NC(=O)N1CCCC1=O)c1ccccc1. The zero-order valence-electron chi connectivity index (χ0n) is 10.2. The molecule has 0 aromatic heterocycles. The lowest BCUT2D eigenvalue weighted by molar-refractivity contribution is -0.139. The lowest BCUT2D eigenvalue weighted by Gasteiger charge is -2.19. The molecule has 2 N–H and O–H groups in total. The van der Waals surface area contributed by atoms with Crippen LogP contribution in [0.4, 0.5) is 4.79 Å². The first kappa shape index (κ1) is 13.1. The number of urea groups is 1. The van der Waals surface area contributed by atoms with E-state index in [9.17, 15) is 14.4 Å². The van der Waals surface area contributed by atoms with Crippen LogP contribution in [0.5, 0.6) is 0 Å². The average Bonchev–Trinajstić information content (AvgIpc) is 2.82. The first-order valence-electron chi connectivity index (χ1n) is 5.98. The lowest BCUT2D eigenvalue weighted by atomic mass is 10.1. The normalized spacial score (nSPS) is 16.2. The molecule has 1 aromatic rings. The summed E-state index contributed by atoms with van der Waals surface area (Å²) in [5, 5.41) is 11.5. The van der Waals surface area contributed by atoms with Crippen LogP contribution >= 0.6 is 0 Å². The maximum Gasteiger partial charge on any atom is 0.330 e. The fourth-order valence-electron chi connectivity index (χ4n) is 2.00. The van der Waals surface area contributed by atoms with Gasteiger partial charge in [-0.15, -0.1) is 0 Å². The summed E-state index contributed by atoms with van der Waals surface area (Å²) in [7, 11) is 0. The van der Waals surface area contributed by atoms with Gasteiger partial charge in [-0.1, -0.05) is 30.3 Å². The number of likely N-dealkylation sites (tertiary alicyclic amines) is 1. The predicted molar refractivity (Wildman–Crippen MR) is 66.3 cm³/mol. The second-order valence-corrected chi connectivity index (χ2v) is 4.28. The molecular weight excluding hydrogens is 248 g/mol. The largest absolute Gasteiger partial charge is 0.479 e.